The van der Waals surface area contributed by atoms with Crippen LogP contribution < -0.4 is 9.47 Å². The van der Waals surface area contributed by atoms with Gasteiger partial charge in [0.15, 0.2) is 11.5 Å². The van der Waals surface area contributed by atoms with E-state index in [2.05, 4.69) is 0 Å². The molecule has 0 unspecified atom stereocenters. The van der Waals surface area contributed by atoms with Gasteiger partial charge < -0.3 is 9.47 Å². The second kappa shape index (κ2) is 4.95. The van der Waals surface area contributed by atoms with Crippen LogP contribution in [0.3, 0.4) is 0 Å². The molecule has 0 bridgehead atoms. The molecule has 1 aliphatic rings. The number of benzene rings is 2. The average molecular weight is 298 g/mol. The molecule has 2 aromatic carbocycles. The molecule has 1 heterocycles. The number of alkyl halides is 3. The third-order valence-electron chi connectivity index (χ3n) is 3.13. The van der Waals surface area contributed by atoms with E-state index in [1.54, 1.807) is 0 Å². The van der Waals surface area contributed by atoms with Crippen molar-refractivity contribution in [1.82, 2.24) is 0 Å². The van der Waals surface area contributed by atoms with E-state index in [9.17, 15) is 17.6 Å². The van der Waals surface area contributed by atoms with Gasteiger partial charge in [-0.25, -0.2) is 4.39 Å². The fourth-order valence-corrected chi connectivity index (χ4v) is 2.29. The Labute approximate surface area is 117 Å². The van der Waals surface area contributed by atoms with Crippen molar-refractivity contribution in [2.75, 3.05) is 13.2 Å². The molecule has 6 heteroatoms. The van der Waals surface area contributed by atoms with Gasteiger partial charge in [0.1, 0.15) is 19.0 Å². The molecule has 0 saturated heterocycles. The molecule has 0 radical (unpaired) electrons. The Bertz CT molecular complexity index is 680. The van der Waals surface area contributed by atoms with Crippen molar-refractivity contribution in [3.8, 4) is 22.6 Å². The number of hydrogen-bond acceptors (Lipinski definition) is 2. The lowest BCUT2D eigenvalue weighted by atomic mass is 9.97. The van der Waals surface area contributed by atoms with Crippen LogP contribution in [0.2, 0.25) is 0 Å². The van der Waals surface area contributed by atoms with E-state index in [0.717, 1.165) is 18.2 Å². The smallest absolute Gasteiger partial charge is 0.417 e. The maximum atomic E-state index is 13.7. The zero-order valence-corrected chi connectivity index (χ0v) is 10.7. The van der Waals surface area contributed by atoms with Gasteiger partial charge in [0.2, 0.25) is 0 Å². The van der Waals surface area contributed by atoms with Crippen LogP contribution in [0.1, 0.15) is 5.56 Å². The van der Waals surface area contributed by atoms with Crippen LogP contribution in [-0.4, -0.2) is 13.2 Å². The predicted octanol–water partition coefficient (Wildman–Crippen LogP) is 4.28. The summed E-state index contributed by atoms with van der Waals surface area (Å²) < 4.78 is 63.6. The fraction of sp³-hybridized carbons (Fsp3) is 0.200. The highest BCUT2D eigenvalue weighted by molar-refractivity contribution is 5.77. The quantitative estimate of drug-likeness (QED) is 0.731. The van der Waals surface area contributed by atoms with Crippen molar-refractivity contribution in [3.63, 3.8) is 0 Å². The van der Waals surface area contributed by atoms with Crippen LogP contribution in [0.4, 0.5) is 17.6 Å². The predicted molar refractivity (Wildman–Crippen MR) is 67.8 cm³/mol. The molecule has 0 atom stereocenters. The Balaban J connectivity index is 2.24. The molecule has 3 rings (SSSR count). The van der Waals surface area contributed by atoms with Gasteiger partial charge in [0.25, 0.3) is 0 Å². The van der Waals surface area contributed by atoms with Crippen LogP contribution in [0.25, 0.3) is 11.1 Å². The first kappa shape index (κ1) is 13.7. The summed E-state index contributed by atoms with van der Waals surface area (Å²) in [5.74, 6) is -0.418. The number of ether oxygens (including phenoxy) is 2. The summed E-state index contributed by atoms with van der Waals surface area (Å²) in [6.45, 7) is 0.441. The van der Waals surface area contributed by atoms with Gasteiger partial charge >= 0.3 is 6.18 Å². The molecule has 2 aromatic rings. The summed E-state index contributed by atoms with van der Waals surface area (Å²) in [7, 11) is 0. The maximum Gasteiger partial charge on any atom is 0.417 e. The van der Waals surface area contributed by atoms with E-state index in [1.807, 2.05) is 0 Å². The standard InChI is InChI=1S/C15H10F4O2/c16-9-7-11(14-13(8-9)20-5-6-21-14)10-3-1-2-4-12(10)15(17,18)19/h1-4,7-8H,5-6H2. The molecule has 2 nitrogen and oxygen atoms in total. The molecule has 0 saturated carbocycles. The van der Waals surface area contributed by atoms with Crippen LogP contribution in [0.15, 0.2) is 36.4 Å². The van der Waals surface area contributed by atoms with Crippen molar-refractivity contribution in [3.05, 3.63) is 47.8 Å². The highest BCUT2D eigenvalue weighted by Gasteiger charge is 2.34. The minimum absolute atomic E-state index is 0.0395. The summed E-state index contributed by atoms with van der Waals surface area (Å²) in [5.41, 5.74) is -0.934. The fourth-order valence-electron chi connectivity index (χ4n) is 2.29. The largest absolute Gasteiger partial charge is 0.486 e. The van der Waals surface area contributed by atoms with Crippen LogP contribution >= 0.6 is 0 Å². The van der Waals surface area contributed by atoms with Crippen LogP contribution in [0.5, 0.6) is 11.5 Å². The SMILES string of the molecule is Fc1cc2c(c(-c3ccccc3C(F)(F)F)c1)OCCO2. The second-order valence-corrected chi connectivity index (χ2v) is 4.52. The molecule has 0 spiro atoms. The molecule has 0 fully saturated rings. The normalized spacial score (nSPS) is 14.1. The minimum Gasteiger partial charge on any atom is -0.486 e. The topological polar surface area (TPSA) is 18.5 Å². The molecule has 0 aromatic heterocycles. The van der Waals surface area contributed by atoms with E-state index >= 15 is 0 Å². The van der Waals surface area contributed by atoms with Gasteiger partial charge in [0, 0.05) is 11.6 Å². The molecule has 0 aliphatic carbocycles. The molecule has 0 amide bonds. The van der Waals surface area contributed by atoms with E-state index in [-0.39, 0.29) is 35.8 Å². The molecule has 21 heavy (non-hydrogen) atoms. The van der Waals surface area contributed by atoms with E-state index < -0.39 is 17.6 Å². The van der Waals surface area contributed by atoms with E-state index in [1.165, 1.54) is 18.2 Å². The third kappa shape index (κ3) is 2.53. The Kier molecular flexibility index (Phi) is 3.23. The van der Waals surface area contributed by atoms with Crippen LogP contribution in [0, 0.1) is 5.82 Å². The highest BCUT2D eigenvalue weighted by Crippen LogP contribution is 2.45. The highest BCUT2D eigenvalue weighted by atomic mass is 19.4. The molecular formula is C15H10F4O2. The summed E-state index contributed by atoms with van der Waals surface area (Å²) in [6.07, 6.45) is -4.54. The van der Waals surface area contributed by atoms with Gasteiger partial charge in [-0.15, -0.1) is 0 Å². The van der Waals surface area contributed by atoms with Gasteiger partial charge in [-0.1, -0.05) is 18.2 Å². The lowest BCUT2D eigenvalue weighted by molar-refractivity contribution is -0.137. The monoisotopic (exact) mass is 298 g/mol. The van der Waals surface area contributed by atoms with Gasteiger partial charge in [-0.2, -0.15) is 13.2 Å². The minimum atomic E-state index is -4.54. The number of hydrogen-bond donors (Lipinski definition) is 0. The first-order chi connectivity index (χ1) is 9.97. The maximum absolute atomic E-state index is 13.7. The average Bonchev–Trinajstić information content (AvgIpc) is 2.45. The lowest BCUT2D eigenvalue weighted by Gasteiger charge is -2.22. The first-order valence-corrected chi connectivity index (χ1v) is 6.22. The molecule has 0 N–H and O–H groups in total. The molecule has 1 aliphatic heterocycles. The second-order valence-electron chi connectivity index (χ2n) is 4.52. The van der Waals surface area contributed by atoms with Gasteiger partial charge in [-0.05, 0) is 17.7 Å². The van der Waals surface area contributed by atoms with E-state index in [4.69, 9.17) is 9.47 Å². The molecule has 110 valence electrons. The van der Waals surface area contributed by atoms with Gasteiger partial charge in [-0.3, -0.25) is 0 Å². The molecular weight excluding hydrogens is 288 g/mol. The zero-order chi connectivity index (χ0) is 15.0. The number of fused-ring (bicyclic) bond motifs is 1. The Morgan fingerprint density at radius 1 is 0.905 bits per heavy atom. The number of halogens is 4. The summed E-state index contributed by atoms with van der Waals surface area (Å²) in [4.78, 5) is 0. The third-order valence-corrected chi connectivity index (χ3v) is 3.13. The van der Waals surface area contributed by atoms with Gasteiger partial charge in [0.05, 0.1) is 5.56 Å². The lowest BCUT2D eigenvalue weighted by Crippen LogP contribution is -2.16. The Morgan fingerprint density at radius 3 is 2.38 bits per heavy atom. The van der Waals surface area contributed by atoms with Crippen molar-refractivity contribution in [2.45, 2.75) is 6.18 Å². The Morgan fingerprint density at radius 2 is 1.62 bits per heavy atom. The Hall–Kier alpha value is -2.24. The van der Waals surface area contributed by atoms with Crippen molar-refractivity contribution in [1.29, 1.82) is 0 Å². The first-order valence-electron chi connectivity index (χ1n) is 6.22. The van der Waals surface area contributed by atoms with Crippen molar-refractivity contribution >= 4 is 0 Å². The van der Waals surface area contributed by atoms with Crippen molar-refractivity contribution < 1.29 is 27.0 Å². The zero-order valence-electron chi connectivity index (χ0n) is 10.7. The van der Waals surface area contributed by atoms with Crippen molar-refractivity contribution in [2.24, 2.45) is 0 Å². The number of rotatable bonds is 1. The van der Waals surface area contributed by atoms with E-state index in [0.29, 0.717) is 0 Å². The summed E-state index contributed by atoms with van der Waals surface area (Å²) in [5, 5.41) is 0. The van der Waals surface area contributed by atoms with Crippen LogP contribution in [-0.2, 0) is 6.18 Å². The summed E-state index contributed by atoms with van der Waals surface area (Å²) >= 11 is 0. The summed E-state index contributed by atoms with van der Waals surface area (Å²) in [6, 6.07) is 7.12.